The molecule has 39 heavy (non-hydrogen) atoms. The van der Waals surface area contributed by atoms with Crippen LogP contribution in [0.1, 0.15) is 32.1 Å². The summed E-state index contributed by atoms with van der Waals surface area (Å²) in [6, 6.07) is 22.8. The predicted octanol–water partition coefficient (Wildman–Crippen LogP) is 5.42. The Morgan fingerprint density at radius 2 is 1.59 bits per heavy atom. The summed E-state index contributed by atoms with van der Waals surface area (Å²) in [6.07, 6.45) is 2.28. The molecule has 194 valence electrons. The van der Waals surface area contributed by atoms with E-state index in [1.165, 1.54) is 0 Å². The van der Waals surface area contributed by atoms with Crippen LogP contribution >= 0.6 is 0 Å². The SMILES string of the molecule is COc1ccc(CCNC(=O)c2cc3c([nH]c4ccccc43)c(C(=O)c3c[nH]c4ccccc34)n2)cc1OC. The lowest BCUT2D eigenvalue weighted by Gasteiger charge is -2.10. The lowest BCUT2D eigenvalue weighted by Crippen LogP contribution is -2.27. The number of amides is 1. The molecule has 6 aromatic rings. The second-order valence-electron chi connectivity index (χ2n) is 9.22. The van der Waals surface area contributed by atoms with Gasteiger partial charge in [0.15, 0.2) is 11.5 Å². The minimum Gasteiger partial charge on any atom is -0.493 e. The van der Waals surface area contributed by atoms with E-state index in [0.717, 1.165) is 32.8 Å². The number of rotatable bonds is 8. The molecular weight excluding hydrogens is 492 g/mol. The molecule has 0 bridgehead atoms. The lowest BCUT2D eigenvalue weighted by molar-refractivity contribution is 0.0949. The maximum Gasteiger partial charge on any atom is 0.269 e. The lowest BCUT2D eigenvalue weighted by atomic mass is 10.0. The van der Waals surface area contributed by atoms with Gasteiger partial charge >= 0.3 is 0 Å². The zero-order valence-corrected chi connectivity index (χ0v) is 21.5. The van der Waals surface area contributed by atoms with Gasteiger partial charge in [0.1, 0.15) is 11.4 Å². The molecule has 6 rings (SSSR count). The Morgan fingerprint density at radius 1 is 0.846 bits per heavy atom. The minimum atomic E-state index is -0.351. The van der Waals surface area contributed by atoms with Crippen molar-refractivity contribution in [2.75, 3.05) is 20.8 Å². The first-order chi connectivity index (χ1) is 19.1. The molecule has 0 unspecified atom stereocenters. The highest BCUT2D eigenvalue weighted by Crippen LogP contribution is 2.30. The number of para-hydroxylation sites is 2. The van der Waals surface area contributed by atoms with Crippen molar-refractivity contribution in [2.24, 2.45) is 0 Å². The molecule has 0 aliphatic carbocycles. The Hall–Kier alpha value is -5.11. The van der Waals surface area contributed by atoms with E-state index in [9.17, 15) is 9.59 Å². The highest BCUT2D eigenvalue weighted by molar-refractivity contribution is 6.23. The summed E-state index contributed by atoms with van der Waals surface area (Å²) < 4.78 is 10.7. The van der Waals surface area contributed by atoms with E-state index in [1.807, 2.05) is 66.7 Å². The van der Waals surface area contributed by atoms with Crippen molar-refractivity contribution in [3.63, 3.8) is 0 Å². The van der Waals surface area contributed by atoms with Gasteiger partial charge in [0, 0.05) is 45.5 Å². The molecule has 3 aromatic heterocycles. The van der Waals surface area contributed by atoms with E-state index >= 15 is 0 Å². The van der Waals surface area contributed by atoms with Crippen LogP contribution in [0.2, 0.25) is 0 Å². The normalized spacial score (nSPS) is 11.2. The number of carbonyl (C=O) groups is 2. The second kappa shape index (κ2) is 9.98. The van der Waals surface area contributed by atoms with Gasteiger partial charge in [-0.25, -0.2) is 4.98 Å². The number of nitrogens with one attached hydrogen (secondary N) is 3. The van der Waals surface area contributed by atoms with Crippen LogP contribution in [-0.4, -0.2) is 47.4 Å². The first-order valence-electron chi connectivity index (χ1n) is 12.6. The van der Waals surface area contributed by atoms with Gasteiger partial charge in [-0.1, -0.05) is 42.5 Å². The van der Waals surface area contributed by atoms with Crippen molar-refractivity contribution in [1.29, 1.82) is 0 Å². The third-order valence-electron chi connectivity index (χ3n) is 6.93. The van der Waals surface area contributed by atoms with Crippen molar-refractivity contribution < 1.29 is 19.1 Å². The zero-order chi connectivity index (χ0) is 26.9. The second-order valence-corrected chi connectivity index (χ2v) is 9.22. The fourth-order valence-corrected chi connectivity index (χ4v) is 4.96. The number of fused-ring (bicyclic) bond motifs is 4. The molecule has 8 heteroatoms. The molecule has 8 nitrogen and oxygen atoms in total. The number of ketones is 1. The maximum absolute atomic E-state index is 13.8. The van der Waals surface area contributed by atoms with Crippen LogP contribution < -0.4 is 14.8 Å². The van der Waals surface area contributed by atoms with Crippen LogP contribution in [-0.2, 0) is 6.42 Å². The number of pyridine rings is 1. The average molecular weight is 519 g/mol. The van der Waals surface area contributed by atoms with Gasteiger partial charge in [0.25, 0.3) is 5.91 Å². The summed E-state index contributed by atoms with van der Waals surface area (Å²) >= 11 is 0. The third-order valence-corrected chi connectivity index (χ3v) is 6.93. The molecule has 0 aliphatic heterocycles. The van der Waals surface area contributed by atoms with E-state index in [0.29, 0.717) is 35.5 Å². The quantitative estimate of drug-likeness (QED) is 0.233. The summed E-state index contributed by atoms with van der Waals surface area (Å²) in [6.45, 7) is 0.383. The third kappa shape index (κ3) is 4.35. The van der Waals surface area contributed by atoms with Crippen molar-refractivity contribution >= 4 is 44.4 Å². The number of hydrogen-bond donors (Lipinski definition) is 3. The van der Waals surface area contributed by atoms with E-state index in [4.69, 9.17) is 9.47 Å². The Kier molecular flexibility index (Phi) is 6.20. The van der Waals surface area contributed by atoms with Crippen molar-refractivity contribution in [3.05, 3.63) is 102 Å². The summed E-state index contributed by atoms with van der Waals surface area (Å²) in [5, 5.41) is 5.44. The smallest absolute Gasteiger partial charge is 0.269 e. The molecule has 3 heterocycles. The summed E-state index contributed by atoms with van der Waals surface area (Å²) in [5.41, 5.74) is 4.22. The Morgan fingerprint density at radius 3 is 2.38 bits per heavy atom. The van der Waals surface area contributed by atoms with Crippen LogP contribution in [0.4, 0.5) is 0 Å². The van der Waals surface area contributed by atoms with Crippen LogP contribution in [0, 0.1) is 0 Å². The molecule has 0 saturated heterocycles. The molecule has 3 aromatic carbocycles. The van der Waals surface area contributed by atoms with Gasteiger partial charge in [-0.2, -0.15) is 0 Å². The number of methoxy groups -OCH3 is 2. The Balaban J connectivity index is 1.34. The summed E-state index contributed by atoms with van der Waals surface area (Å²) in [7, 11) is 3.18. The number of ether oxygens (including phenoxy) is 2. The molecule has 3 N–H and O–H groups in total. The minimum absolute atomic E-state index is 0.183. The van der Waals surface area contributed by atoms with Crippen molar-refractivity contribution in [3.8, 4) is 11.5 Å². The maximum atomic E-state index is 13.8. The summed E-state index contributed by atoms with van der Waals surface area (Å²) in [4.78, 5) is 38.2. The fourth-order valence-electron chi connectivity index (χ4n) is 4.96. The number of carbonyl (C=O) groups excluding carboxylic acids is 2. The standard InChI is InChI=1S/C31H26N4O4/c1-38-26-12-11-18(15-27(26)39-2)13-14-32-31(37)25-16-21-19-7-4-6-10-24(19)34-28(21)29(35-25)30(36)22-17-33-23-9-5-3-8-20(22)23/h3-12,15-17,33-34H,13-14H2,1-2H3,(H,32,37). The Bertz CT molecular complexity index is 1870. The number of aromatic nitrogens is 3. The van der Waals surface area contributed by atoms with Gasteiger partial charge in [-0.15, -0.1) is 0 Å². The van der Waals surface area contributed by atoms with Crippen LogP contribution in [0.15, 0.2) is 79.0 Å². The highest BCUT2D eigenvalue weighted by Gasteiger charge is 2.23. The van der Waals surface area contributed by atoms with Crippen molar-refractivity contribution in [1.82, 2.24) is 20.3 Å². The topological polar surface area (TPSA) is 109 Å². The van der Waals surface area contributed by atoms with Crippen LogP contribution in [0.25, 0.3) is 32.7 Å². The molecule has 0 fully saturated rings. The number of aromatic amines is 2. The number of H-pyrrole nitrogens is 2. The molecule has 0 aliphatic rings. The predicted molar refractivity (Wildman–Crippen MR) is 151 cm³/mol. The molecule has 0 radical (unpaired) electrons. The molecule has 0 atom stereocenters. The molecular formula is C31H26N4O4. The zero-order valence-electron chi connectivity index (χ0n) is 21.5. The number of benzene rings is 3. The van der Waals surface area contributed by atoms with Crippen LogP contribution in [0.3, 0.4) is 0 Å². The summed E-state index contributed by atoms with van der Waals surface area (Å²) in [5.74, 6) is 0.668. The van der Waals surface area contributed by atoms with Gasteiger partial charge in [0.2, 0.25) is 5.78 Å². The largest absolute Gasteiger partial charge is 0.493 e. The van der Waals surface area contributed by atoms with Gasteiger partial charge in [-0.05, 0) is 42.3 Å². The molecule has 0 saturated carbocycles. The van der Waals surface area contributed by atoms with Crippen LogP contribution in [0.5, 0.6) is 11.5 Å². The first-order valence-corrected chi connectivity index (χ1v) is 12.6. The van der Waals surface area contributed by atoms with Crippen molar-refractivity contribution in [2.45, 2.75) is 6.42 Å². The van der Waals surface area contributed by atoms with Gasteiger partial charge in [-0.3, -0.25) is 9.59 Å². The number of nitrogens with zero attached hydrogens (tertiary/aromatic N) is 1. The Labute approximate surface area is 224 Å². The fraction of sp³-hybridized carbons (Fsp3) is 0.129. The van der Waals surface area contributed by atoms with Gasteiger partial charge in [0.05, 0.1) is 19.7 Å². The van der Waals surface area contributed by atoms with E-state index in [1.54, 1.807) is 26.5 Å². The van der Waals surface area contributed by atoms with Gasteiger partial charge < -0.3 is 24.8 Å². The molecule has 1 amide bonds. The average Bonchev–Trinajstić information content (AvgIpc) is 3.58. The highest BCUT2D eigenvalue weighted by atomic mass is 16.5. The first kappa shape index (κ1) is 24.2. The monoisotopic (exact) mass is 518 g/mol. The number of hydrogen-bond acceptors (Lipinski definition) is 5. The van der Waals surface area contributed by atoms with E-state index in [2.05, 4.69) is 20.3 Å². The molecule has 0 spiro atoms. The van der Waals surface area contributed by atoms with E-state index in [-0.39, 0.29) is 23.1 Å². The van der Waals surface area contributed by atoms with E-state index < -0.39 is 0 Å².